The molecule has 31 heavy (non-hydrogen) atoms. The highest BCUT2D eigenvalue weighted by Crippen LogP contribution is 2.16. The molecule has 172 valence electrons. The number of ether oxygens (including phenoxy) is 3. The fraction of sp³-hybridized carbons (Fsp3) is 0.591. The van der Waals surface area contributed by atoms with Crippen molar-refractivity contribution in [1.82, 2.24) is 10.2 Å². The number of amides is 2. The first-order valence-corrected chi connectivity index (χ1v) is 10.8. The van der Waals surface area contributed by atoms with E-state index in [1.165, 1.54) is 0 Å². The number of carbonyl (C=O) groups excluding carboxylic acids is 3. The van der Waals surface area contributed by atoms with Gasteiger partial charge in [-0.15, -0.1) is 0 Å². The SMILES string of the molecule is CCCCOC(=O)CC1C(=O)NCCN1CC(=O)Nc1ccc(OCCOCC)cc1. The van der Waals surface area contributed by atoms with Gasteiger partial charge in [-0.1, -0.05) is 13.3 Å². The Labute approximate surface area is 183 Å². The average molecular weight is 436 g/mol. The standard InChI is InChI=1S/C22H33N3O6/c1-3-5-12-31-21(27)15-19-22(28)23-10-11-25(19)16-20(26)24-17-6-8-18(9-7-17)30-14-13-29-4-2/h6-9,19H,3-5,10-16H2,1-2H3,(H,23,28)(H,24,26). The van der Waals surface area contributed by atoms with E-state index in [0.717, 1.165) is 12.8 Å². The van der Waals surface area contributed by atoms with E-state index in [1.54, 1.807) is 29.2 Å². The number of hydrogen-bond acceptors (Lipinski definition) is 7. The van der Waals surface area contributed by atoms with Gasteiger partial charge in [-0.2, -0.15) is 0 Å². The summed E-state index contributed by atoms with van der Waals surface area (Å²) in [7, 11) is 0. The maximum atomic E-state index is 12.5. The Balaban J connectivity index is 1.84. The highest BCUT2D eigenvalue weighted by Gasteiger charge is 2.33. The van der Waals surface area contributed by atoms with Crippen molar-refractivity contribution in [3.8, 4) is 5.75 Å². The molecule has 1 fully saturated rings. The molecule has 0 radical (unpaired) electrons. The molecule has 1 atom stereocenters. The van der Waals surface area contributed by atoms with E-state index in [1.807, 2.05) is 13.8 Å². The molecule has 2 rings (SSSR count). The molecular formula is C22H33N3O6. The predicted molar refractivity (Wildman–Crippen MR) is 116 cm³/mol. The van der Waals surface area contributed by atoms with E-state index < -0.39 is 12.0 Å². The highest BCUT2D eigenvalue weighted by molar-refractivity contribution is 5.93. The number of carbonyl (C=O) groups is 3. The molecule has 1 unspecified atom stereocenters. The summed E-state index contributed by atoms with van der Waals surface area (Å²) in [6.07, 6.45) is 1.63. The quantitative estimate of drug-likeness (QED) is 0.358. The molecule has 2 amide bonds. The first-order chi connectivity index (χ1) is 15.0. The average Bonchev–Trinajstić information content (AvgIpc) is 2.75. The second kappa shape index (κ2) is 13.6. The van der Waals surface area contributed by atoms with Crippen LogP contribution in [0.1, 0.15) is 33.1 Å². The number of benzene rings is 1. The van der Waals surface area contributed by atoms with E-state index in [2.05, 4.69) is 10.6 Å². The molecule has 9 nitrogen and oxygen atoms in total. The summed E-state index contributed by atoms with van der Waals surface area (Å²) >= 11 is 0. The van der Waals surface area contributed by atoms with Crippen LogP contribution in [-0.4, -0.2) is 74.8 Å². The first-order valence-electron chi connectivity index (χ1n) is 10.8. The molecular weight excluding hydrogens is 402 g/mol. The Morgan fingerprint density at radius 1 is 1.16 bits per heavy atom. The number of anilines is 1. The molecule has 1 aromatic rings. The molecule has 0 spiro atoms. The lowest BCUT2D eigenvalue weighted by atomic mass is 10.1. The molecule has 1 heterocycles. The molecule has 0 saturated carbocycles. The third-order valence-electron chi connectivity index (χ3n) is 4.75. The van der Waals surface area contributed by atoms with Gasteiger partial charge >= 0.3 is 5.97 Å². The van der Waals surface area contributed by atoms with Crippen molar-refractivity contribution < 1.29 is 28.6 Å². The van der Waals surface area contributed by atoms with E-state index >= 15 is 0 Å². The topological polar surface area (TPSA) is 106 Å². The lowest BCUT2D eigenvalue weighted by molar-refractivity contribution is -0.149. The summed E-state index contributed by atoms with van der Waals surface area (Å²) < 4.78 is 15.9. The highest BCUT2D eigenvalue weighted by atomic mass is 16.5. The van der Waals surface area contributed by atoms with Gasteiger partial charge in [-0.25, -0.2) is 0 Å². The third kappa shape index (κ3) is 8.94. The normalized spacial score (nSPS) is 16.5. The predicted octanol–water partition coefficient (Wildman–Crippen LogP) is 1.57. The largest absolute Gasteiger partial charge is 0.491 e. The Bertz CT molecular complexity index is 710. The molecule has 1 saturated heterocycles. The van der Waals surface area contributed by atoms with Gasteiger partial charge in [-0.3, -0.25) is 19.3 Å². The summed E-state index contributed by atoms with van der Waals surface area (Å²) in [5, 5.41) is 5.56. The third-order valence-corrected chi connectivity index (χ3v) is 4.75. The summed E-state index contributed by atoms with van der Waals surface area (Å²) in [4.78, 5) is 38.5. The summed E-state index contributed by atoms with van der Waals surface area (Å²) in [6, 6.07) is 6.32. The van der Waals surface area contributed by atoms with Crippen molar-refractivity contribution >= 4 is 23.5 Å². The van der Waals surface area contributed by atoms with Crippen molar-refractivity contribution in [1.29, 1.82) is 0 Å². The molecule has 2 N–H and O–H groups in total. The van der Waals surface area contributed by atoms with Gasteiger partial charge in [-0.05, 0) is 37.6 Å². The maximum Gasteiger partial charge on any atom is 0.307 e. The number of esters is 1. The van der Waals surface area contributed by atoms with Gasteiger partial charge in [0.05, 0.1) is 26.2 Å². The van der Waals surface area contributed by atoms with Crippen LogP contribution in [0.5, 0.6) is 5.75 Å². The number of unbranched alkanes of at least 4 members (excludes halogenated alkanes) is 1. The van der Waals surface area contributed by atoms with E-state index in [4.69, 9.17) is 14.2 Å². The lowest BCUT2D eigenvalue weighted by Gasteiger charge is -2.33. The Morgan fingerprint density at radius 2 is 1.94 bits per heavy atom. The van der Waals surface area contributed by atoms with E-state index in [9.17, 15) is 14.4 Å². The second-order valence-electron chi connectivity index (χ2n) is 7.17. The zero-order valence-corrected chi connectivity index (χ0v) is 18.4. The van der Waals surface area contributed by atoms with Gasteiger partial charge in [0.2, 0.25) is 11.8 Å². The minimum Gasteiger partial charge on any atom is -0.491 e. The summed E-state index contributed by atoms with van der Waals surface area (Å²) in [6.45, 7) is 6.82. The molecule has 1 aliphatic heterocycles. The minimum atomic E-state index is -0.713. The number of nitrogens with zero attached hydrogens (tertiary/aromatic N) is 1. The number of hydrogen-bond donors (Lipinski definition) is 2. The van der Waals surface area contributed by atoms with Crippen LogP contribution in [0, 0.1) is 0 Å². The van der Waals surface area contributed by atoms with Crippen molar-refractivity contribution in [2.24, 2.45) is 0 Å². The molecule has 0 bridgehead atoms. The van der Waals surface area contributed by atoms with Crippen molar-refractivity contribution in [2.75, 3.05) is 51.4 Å². The van der Waals surface area contributed by atoms with Crippen LogP contribution < -0.4 is 15.4 Å². The number of rotatable bonds is 13. The van der Waals surface area contributed by atoms with Gasteiger partial charge in [0.25, 0.3) is 0 Å². The van der Waals surface area contributed by atoms with Crippen LogP contribution in [0.15, 0.2) is 24.3 Å². The Hall–Kier alpha value is -2.65. The number of nitrogens with one attached hydrogen (secondary N) is 2. The van der Waals surface area contributed by atoms with E-state index in [-0.39, 0.29) is 24.8 Å². The van der Waals surface area contributed by atoms with Crippen LogP contribution in [0.25, 0.3) is 0 Å². The van der Waals surface area contributed by atoms with Crippen LogP contribution in [0.3, 0.4) is 0 Å². The fourth-order valence-electron chi connectivity index (χ4n) is 3.10. The first kappa shape index (κ1) is 24.6. The zero-order chi connectivity index (χ0) is 22.5. The van der Waals surface area contributed by atoms with Crippen LogP contribution in [0.4, 0.5) is 5.69 Å². The van der Waals surface area contributed by atoms with Crippen LogP contribution in [-0.2, 0) is 23.9 Å². The van der Waals surface area contributed by atoms with Crippen LogP contribution >= 0.6 is 0 Å². The molecule has 0 aliphatic carbocycles. The van der Waals surface area contributed by atoms with Gasteiger partial charge in [0, 0.05) is 25.4 Å². The number of piperazine rings is 1. The summed E-state index contributed by atoms with van der Waals surface area (Å²) in [5.74, 6) is -0.267. The second-order valence-corrected chi connectivity index (χ2v) is 7.17. The van der Waals surface area contributed by atoms with Gasteiger partial charge in [0.15, 0.2) is 0 Å². The van der Waals surface area contributed by atoms with Gasteiger partial charge in [0.1, 0.15) is 18.4 Å². The zero-order valence-electron chi connectivity index (χ0n) is 18.4. The minimum absolute atomic E-state index is 0.00688. The molecule has 9 heteroatoms. The fourth-order valence-corrected chi connectivity index (χ4v) is 3.10. The molecule has 1 aliphatic rings. The Kier molecular flexibility index (Phi) is 10.8. The van der Waals surface area contributed by atoms with Gasteiger partial charge < -0.3 is 24.8 Å². The van der Waals surface area contributed by atoms with Crippen molar-refractivity contribution in [2.45, 2.75) is 39.2 Å². The monoisotopic (exact) mass is 435 g/mol. The molecule has 0 aromatic heterocycles. The Morgan fingerprint density at radius 3 is 2.65 bits per heavy atom. The lowest BCUT2D eigenvalue weighted by Crippen LogP contribution is -2.57. The van der Waals surface area contributed by atoms with Crippen LogP contribution in [0.2, 0.25) is 0 Å². The summed E-state index contributed by atoms with van der Waals surface area (Å²) in [5.41, 5.74) is 0.624. The maximum absolute atomic E-state index is 12.5. The van der Waals surface area contributed by atoms with Crippen molar-refractivity contribution in [3.05, 3.63) is 24.3 Å². The van der Waals surface area contributed by atoms with Crippen molar-refractivity contribution in [3.63, 3.8) is 0 Å². The smallest absolute Gasteiger partial charge is 0.307 e. The van der Waals surface area contributed by atoms with E-state index in [0.29, 0.717) is 51.0 Å². The molecule has 1 aromatic carbocycles.